The van der Waals surface area contributed by atoms with Crippen LogP contribution in [0.4, 0.5) is 0 Å². The zero-order valence-corrected chi connectivity index (χ0v) is 13.3. The fourth-order valence-corrected chi connectivity index (χ4v) is 2.95. The number of amides is 1. The predicted octanol–water partition coefficient (Wildman–Crippen LogP) is 4.37. The van der Waals surface area contributed by atoms with Crippen molar-refractivity contribution in [3.8, 4) is 11.5 Å². The monoisotopic (exact) mass is 318 g/mol. The van der Waals surface area contributed by atoms with Gasteiger partial charge in [0.25, 0.3) is 5.91 Å². The molecule has 2 aromatic rings. The van der Waals surface area contributed by atoms with Crippen molar-refractivity contribution in [1.29, 1.82) is 0 Å². The molecule has 5 heteroatoms. The first-order valence-electron chi connectivity index (χ1n) is 7.68. The highest BCUT2D eigenvalue weighted by Crippen LogP contribution is 2.24. The zero-order valence-electron chi connectivity index (χ0n) is 12.6. The Balaban J connectivity index is 1.76. The second-order valence-electron chi connectivity index (χ2n) is 5.74. The van der Waals surface area contributed by atoms with Crippen LogP contribution in [0, 0.1) is 6.92 Å². The molecule has 1 aromatic heterocycles. The number of benzene rings is 1. The van der Waals surface area contributed by atoms with Crippen LogP contribution in [0.3, 0.4) is 0 Å². The van der Waals surface area contributed by atoms with Crippen molar-refractivity contribution >= 4 is 17.5 Å². The van der Waals surface area contributed by atoms with E-state index in [2.05, 4.69) is 10.3 Å². The van der Waals surface area contributed by atoms with E-state index in [0.717, 1.165) is 18.4 Å². The fourth-order valence-electron chi connectivity index (χ4n) is 2.82. The zero-order chi connectivity index (χ0) is 15.5. The van der Waals surface area contributed by atoms with Gasteiger partial charge in [0.2, 0.25) is 5.89 Å². The Morgan fingerprint density at radius 3 is 2.59 bits per heavy atom. The molecule has 1 heterocycles. The third kappa shape index (κ3) is 3.33. The highest BCUT2D eigenvalue weighted by molar-refractivity contribution is 6.30. The molecule has 1 aliphatic carbocycles. The second-order valence-corrected chi connectivity index (χ2v) is 6.18. The predicted molar refractivity (Wildman–Crippen MR) is 86.0 cm³/mol. The number of nitrogens with one attached hydrogen (secondary N) is 1. The topological polar surface area (TPSA) is 55.1 Å². The third-order valence-corrected chi connectivity index (χ3v) is 4.30. The molecular weight excluding hydrogens is 300 g/mol. The van der Waals surface area contributed by atoms with E-state index in [4.69, 9.17) is 16.0 Å². The number of hydrogen-bond acceptors (Lipinski definition) is 3. The van der Waals surface area contributed by atoms with Gasteiger partial charge in [0.1, 0.15) is 5.76 Å². The number of aromatic nitrogens is 1. The first-order chi connectivity index (χ1) is 10.6. The minimum absolute atomic E-state index is 0.145. The van der Waals surface area contributed by atoms with Gasteiger partial charge in [-0.3, -0.25) is 4.79 Å². The molecule has 0 saturated heterocycles. The number of carbonyl (C=O) groups excluding carboxylic acids is 1. The van der Waals surface area contributed by atoms with Crippen LogP contribution in [-0.2, 0) is 0 Å². The van der Waals surface area contributed by atoms with Crippen molar-refractivity contribution in [2.75, 3.05) is 0 Å². The number of nitrogens with zero attached hydrogens (tertiary/aromatic N) is 1. The van der Waals surface area contributed by atoms with Crippen molar-refractivity contribution < 1.29 is 9.21 Å². The van der Waals surface area contributed by atoms with Gasteiger partial charge >= 0.3 is 0 Å². The molecule has 1 aromatic carbocycles. The van der Waals surface area contributed by atoms with Crippen LogP contribution in [0.25, 0.3) is 11.5 Å². The summed E-state index contributed by atoms with van der Waals surface area (Å²) in [6.45, 7) is 1.77. The quantitative estimate of drug-likeness (QED) is 0.914. The highest BCUT2D eigenvalue weighted by Gasteiger charge is 2.22. The lowest BCUT2D eigenvalue weighted by Crippen LogP contribution is -2.36. The lowest BCUT2D eigenvalue weighted by molar-refractivity contribution is 0.0922. The van der Waals surface area contributed by atoms with Crippen molar-refractivity contribution in [3.63, 3.8) is 0 Å². The summed E-state index contributed by atoms with van der Waals surface area (Å²) < 4.78 is 5.64. The Kier molecular flexibility index (Phi) is 4.48. The highest BCUT2D eigenvalue weighted by atomic mass is 35.5. The van der Waals surface area contributed by atoms with Gasteiger partial charge in [0.05, 0.1) is 0 Å². The van der Waals surface area contributed by atoms with E-state index in [0.29, 0.717) is 22.4 Å². The molecule has 0 radical (unpaired) electrons. The largest absolute Gasteiger partial charge is 0.441 e. The van der Waals surface area contributed by atoms with E-state index in [1.165, 1.54) is 19.3 Å². The molecule has 22 heavy (non-hydrogen) atoms. The maximum absolute atomic E-state index is 12.4. The van der Waals surface area contributed by atoms with Gasteiger partial charge in [-0.05, 0) is 44.0 Å². The van der Waals surface area contributed by atoms with Crippen LogP contribution in [-0.4, -0.2) is 16.9 Å². The van der Waals surface area contributed by atoms with Crippen LogP contribution in [0.1, 0.15) is 48.4 Å². The lowest BCUT2D eigenvalue weighted by Gasteiger charge is -2.22. The SMILES string of the molecule is Cc1oc(-c2ccc(Cl)cc2)nc1C(=O)NC1CCCCC1. The van der Waals surface area contributed by atoms with Gasteiger partial charge in [0, 0.05) is 16.6 Å². The summed E-state index contributed by atoms with van der Waals surface area (Å²) in [4.78, 5) is 16.7. The molecule has 0 unspecified atom stereocenters. The molecule has 1 fully saturated rings. The Hall–Kier alpha value is -1.81. The summed E-state index contributed by atoms with van der Waals surface area (Å²) in [5, 5.41) is 3.72. The summed E-state index contributed by atoms with van der Waals surface area (Å²) in [5.74, 6) is 0.842. The Morgan fingerprint density at radius 2 is 1.91 bits per heavy atom. The molecule has 0 atom stereocenters. The summed E-state index contributed by atoms with van der Waals surface area (Å²) in [6.07, 6.45) is 5.72. The normalized spacial score (nSPS) is 15.7. The molecule has 3 rings (SSSR count). The van der Waals surface area contributed by atoms with Crippen molar-refractivity contribution in [3.05, 3.63) is 40.7 Å². The first-order valence-corrected chi connectivity index (χ1v) is 8.05. The van der Waals surface area contributed by atoms with Crippen LogP contribution in [0.2, 0.25) is 5.02 Å². The standard InChI is InChI=1S/C17H19ClN2O2/c1-11-15(16(21)19-14-5-3-2-4-6-14)20-17(22-11)12-7-9-13(18)10-8-12/h7-10,14H,2-6H2,1H3,(H,19,21). The average Bonchev–Trinajstić information content (AvgIpc) is 2.91. The van der Waals surface area contributed by atoms with Crippen molar-refractivity contribution in [1.82, 2.24) is 10.3 Å². The minimum Gasteiger partial charge on any atom is -0.441 e. The number of rotatable bonds is 3. The average molecular weight is 319 g/mol. The van der Waals surface area contributed by atoms with Crippen LogP contribution in [0.15, 0.2) is 28.7 Å². The minimum atomic E-state index is -0.145. The number of hydrogen-bond donors (Lipinski definition) is 1. The fraction of sp³-hybridized carbons (Fsp3) is 0.412. The van der Waals surface area contributed by atoms with Gasteiger partial charge in [0.15, 0.2) is 5.69 Å². The van der Waals surface area contributed by atoms with E-state index < -0.39 is 0 Å². The summed E-state index contributed by atoms with van der Waals surface area (Å²) in [6, 6.07) is 7.47. The summed E-state index contributed by atoms with van der Waals surface area (Å²) in [7, 11) is 0. The molecule has 1 aliphatic rings. The summed E-state index contributed by atoms with van der Waals surface area (Å²) >= 11 is 5.88. The second kappa shape index (κ2) is 6.53. The number of oxazole rings is 1. The molecule has 116 valence electrons. The van der Waals surface area contributed by atoms with E-state index in [9.17, 15) is 4.79 Å². The van der Waals surface area contributed by atoms with E-state index in [1.54, 1.807) is 19.1 Å². The molecule has 0 aliphatic heterocycles. The maximum atomic E-state index is 12.4. The van der Waals surface area contributed by atoms with E-state index >= 15 is 0 Å². The molecule has 0 spiro atoms. The van der Waals surface area contributed by atoms with E-state index in [-0.39, 0.29) is 11.9 Å². The Labute approximate surface area is 134 Å². The van der Waals surface area contributed by atoms with Gasteiger partial charge in [-0.1, -0.05) is 30.9 Å². The van der Waals surface area contributed by atoms with Gasteiger partial charge < -0.3 is 9.73 Å². The molecule has 1 N–H and O–H groups in total. The van der Waals surface area contributed by atoms with Crippen molar-refractivity contribution in [2.45, 2.75) is 45.1 Å². The van der Waals surface area contributed by atoms with Crippen LogP contribution in [0.5, 0.6) is 0 Å². The Bertz CT molecular complexity index is 658. The molecule has 4 nitrogen and oxygen atoms in total. The summed E-state index contributed by atoms with van der Waals surface area (Å²) in [5.41, 5.74) is 1.18. The molecular formula is C17H19ClN2O2. The Morgan fingerprint density at radius 1 is 1.23 bits per heavy atom. The van der Waals surface area contributed by atoms with Gasteiger partial charge in [-0.2, -0.15) is 0 Å². The third-order valence-electron chi connectivity index (χ3n) is 4.04. The maximum Gasteiger partial charge on any atom is 0.273 e. The van der Waals surface area contributed by atoms with E-state index in [1.807, 2.05) is 12.1 Å². The van der Waals surface area contributed by atoms with Gasteiger partial charge in [-0.15, -0.1) is 0 Å². The van der Waals surface area contributed by atoms with Crippen LogP contribution < -0.4 is 5.32 Å². The van der Waals surface area contributed by atoms with Gasteiger partial charge in [-0.25, -0.2) is 4.98 Å². The smallest absolute Gasteiger partial charge is 0.273 e. The number of aryl methyl sites for hydroxylation is 1. The molecule has 1 amide bonds. The van der Waals surface area contributed by atoms with Crippen molar-refractivity contribution in [2.24, 2.45) is 0 Å². The number of carbonyl (C=O) groups is 1. The first kappa shape index (κ1) is 15.1. The van der Waals surface area contributed by atoms with Crippen LogP contribution >= 0.6 is 11.6 Å². The lowest BCUT2D eigenvalue weighted by atomic mass is 9.95. The molecule has 1 saturated carbocycles. The molecule has 0 bridgehead atoms. The number of halogens is 1.